The Morgan fingerprint density at radius 1 is 1.32 bits per heavy atom. The highest BCUT2D eigenvalue weighted by Crippen LogP contribution is 2.22. The first-order valence-corrected chi connectivity index (χ1v) is 5.79. The van der Waals surface area contributed by atoms with Gasteiger partial charge in [-0.25, -0.2) is 4.79 Å². The largest absolute Gasteiger partial charge is 0.462 e. The number of carbonyl (C=O) groups is 1. The van der Waals surface area contributed by atoms with Gasteiger partial charge >= 0.3 is 5.97 Å². The van der Waals surface area contributed by atoms with Crippen LogP contribution in [0.1, 0.15) is 23.0 Å². The van der Waals surface area contributed by atoms with Gasteiger partial charge in [0.05, 0.1) is 12.2 Å². The Labute approximate surface area is 110 Å². The van der Waals surface area contributed by atoms with Crippen molar-refractivity contribution in [2.24, 2.45) is 5.16 Å². The Morgan fingerprint density at radius 3 is 2.68 bits per heavy atom. The van der Waals surface area contributed by atoms with Gasteiger partial charge in [-0.05, 0) is 31.2 Å². The van der Waals surface area contributed by atoms with Crippen molar-refractivity contribution in [3.05, 3.63) is 47.7 Å². The first-order valence-electron chi connectivity index (χ1n) is 5.79. The second-order valence-corrected chi connectivity index (χ2v) is 3.74. The molecule has 2 aromatic rings. The van der Waals surface area contributed by atoms with Crippen LogP contribution in [0.4, 0.5) is 0 Å². The number of ether oxygens (including phenoxy) is 1. The van der Waals surface area contributed by atoms with Gasteiger partial charge in [-0.3, -0.25) is 0 Å². The molecule has 0 spiro atoms. The van der Waals surface area contributed by atoms with Gasteiger partial charge < -0.3 is 14.4 Å². The predicted molar refractivity (Wildman–Crippen MR) is 69.5 cm³/mol. The monoisotopic (exact) mass is 259 g/mol. The number of furan rings is 1. The fraction of sp³-hybridized carbons (Fsp3) is 0.143. The summed E-state index contributed by atoms with van der Waals surface area (Å²) in [6, 6.07) is 10.3. The average Bonchev–Trinajstić information content (AvgIpc) is 2.88. The summed E-state index contributed by atoms with van der Waals surface area (Å²) in [5.74, 6) is 0.735. The second-order valence-electron chi connectivity index (χ2n) is 3.74. The number of hydrogen-bond donors (Lipinski definition) is 1. The number of esters is 1. The third-order valence-corrected chi connectivity index (χ3v) is 2.49. The molecule has 0 bridgehead atoms. The van der Waals surface area contributed by atoms with E-state index in [4.69, 9.17) is 14.4 Å². The molecular weight excluding hydrogens is 246 g/mol. The molecule has 1 aromatic carbocycles. The lowest BCUT2D eigenvalue weighted by Gasteiger charge is -2.02. The van der Waals surface area contributed by atoms with Crippen molar-refractivity contribution in [1.29, 1.82) is 0 Å². The minimum atomic E-state index is -0.346. The van der Waals surface area contributed by atoms with Crippen molar-refractivity contribution in [3.63, 3.8) is 0 Å². The lowest BCUT2D eigenvalue weighted by atomic mass is 10.1. The van der Waals surface area contributed by atoms with Gasteiger partial charge in [-0.2, -0.15) is 0 Å². The van der Waals surface area contributed by atoms with Crippen LogP contribution in [-0.4, -0.2) is 24.0 Å². The molecule has 5 nitrogen and oxygen atoms in total. The molecule has 0 aliphatic rings. The van der Waals surface area contributed by atoms with Gasteiger partial charge in [0.15, 0.2) is 0 Å². The first-order chi connectivity index (χ1) is 9.24. The van der Waals surface area contributed by atoms with Crippen molar-refractivity contribution in [1.82, 2.24) is 0 Å². The van der Waals surface area contributed by atoms with Crippen LogP contribution in [0.3, 0.4) is 0 Å². The number of carbonyl (C=O) groups excluding carboxylic acids is 1. The maximum atomic E-state index is 11.5. The highest BCUT2D eigenvalue weighted by molar-refractivity contribution is 5.90. The van der Waals surface area contributed by atoms with Crippen molar-refractivity contribution < 1.29 is 19.2 Å². The third-order valence-electron chi connectivity index (χ3n) is 2.49. The smallest absolute Gasteiger partial charge is 0.338 e. The van der Waals surface area contributed by atoms with Gasteiger partial charge in [-0.1, -0.05) is 17.3 Å². The summed E-state index contributed by atoms with van der Waals surface area (Å²) in [5.41, 5.74) is 1.32. The molecule has 0 aliphatic carbocycles. The van der Waals surface area contributed by atoms with E-state index in [9.17, 15) is 4.79 Å². The van der Waals surface area contributed by atoms with E-state index < -0.39 is 0 Å². The molecule has 0 aliphatic heterocycles. The van der Waals surface area contributed by atoms with E-state index in [1.165, 1.54) is 6.21 Å². The van der Waals surface area contributed by atoms with Crippen LogP contribution in [0.25, 0.3) is 11.3 Å². The highest BCUT2D eigenvalue weighted by atomic mass is 16.5. The summed E-state index contributed by atoms with van der Waals surface area (Å²) in [7, 11) is 0. The Bertz CT molecular complexity index is 584. The SMILES string of the molecule is CCOC(=O)c1ccc(-c2ccc(/C=N\O)o2)cc1. The average molecular weight is 259 g/mol. The Kier molecular flexibility index (Phi) is 3.97. The van der Waals surface area contributed by atoms with Crippen molar-refractivity contribution in [2.45, 2.75) is 6.92 Å². The first kappa shape index (κ1) is 12.9. The lowest BCUT2D eigenvalue weighted by molar-refractivity contribution is 0.0526. The maximum absolute atomic E-state index is 11.5. The van der Waals surface area contributed by atoms with E-state index in [1.807, 2.05) is 0 Å². The molecule has 5 heteroatoms. The standard InChI is InChI=1S/C14H13NO4/c1-2-18-14(16)11-5-3-10(4-6-11)13-8-7-12(19-13)9-15-17/h3-9,17H,2H2,1H3/b15-9-. The minimum Gasteiger partial charge on any atom is -0.462 e. The summed E-state index contributed by atoms with van der Waals surface area (Å²) in [5, 5.41) is 11.3. The zero-order valence-corrected chi connectivity index (χ0v) is 10.4. The molecule has 2 rings (SSSR count). The highest BCUT2D eigenvalue weighted by Gasteiger charge is 2.08. The molecule has 1 aromatic heterocycles. The second kappa shape index (κ2) is 5.86. The lowest BCUT2D eigenvalue weighted by Crippen LogP contribution is -2.03. The van der Waals surface area contributed by atoms with Crippen LogP contribution in [0.5, 0.6) is 0 Å². The van der Waals surface area contributed by atoms with E-state index in [0.717, 1.165) is 5.56 Å². The summed E-state index contributed by atoms with van der Waals surface area (Å²) in [6.07, 6.45) is 1.20. The van der Waals surface area contributed by atoms with E-state index in [2.05, 4.69) is 5.16 Å². The summed E-state index contributed by atoms with van der Waals surface area (Å²) in [6.45, 7) is 2.11. The molecule has 1 N–H and O–H groups in total. The molecule has 0 fully saturated rings. The van der Waals surface area contributed by atoms with Crippen molar-refractivity contribution >= 4 is 12.2 Å². The summed E-state index contributed by atoms with van der Waals surface area (Å²) >= 11 is 0. The molecule has 19 heavy (non-hydrogen) atoms. The summed E-state index contributed by atoms with van der Waals surface area (Å²) in [4.78, 5) is 11.5. The minimum absolute atomic E-state index is 0.346. The van der Waals surface area contributed by atoms with Crippen molar-refractivity contribution in [2.75, 3.05) is 6.61 Å². The van der Waals surface area contributed by atoms with Gasteiger partial charge in [0, 0.05) is 5.56 Å². The molecule has 0 amide bonds. The zero-order chi connectivity index (χ0) is 13.7. The van der Waals surface area contributed by atoms with Crippen molar-refractivity contribution in [3.8, 4) is 11.3 Å². The number of benzene rings is 1. The summed E-state index contributed by atoms with van der Waals surface area (Å²) < 4.78 is 10.3. The molecule has 0 saturated heterocycles. The topological polar surface area (TPSA) is 72.0 Å². The Hall–Kier alpha value is -2.56. The number of nitrogens with zero attached hydrogens (tertiary/aromatic N) is 1. The van der Waals surface area contributed by atoms with Gasteiger partial charge in [0.2, 0.25) is 0 Å². The molecule has 0 atom stereocenters. The number of hydrogen-bond acceptors (Lipinski definition) is 5. The normalized spacial score (nSPS) is 10.8. The Balaban J connectivity index is 2.19. The van der Waals surface area contributed by atoms with E-state index in [1.54, 1.807) is 43.3 Å². The molecule has 0 unspecified atom stereocenters. The Morgan fingerprint density at radius 2 is 2.05 bits per heavy atom. The van der Waals surface area contributed by atoms with Crippen LogP contribution < -0.4 is 0 Å². The molecule has 0 saturated carbocycles. The quantitative estimate of drug-likeness (QED) is 0.396. The third kappa shape index (κ3) is 3.01. The number of oxime groups is 1. The predicted octanol–water partition coefficient (Wildman–Crippen LogP) is 2.93. The van der Waals surface area contributed by atoms with Crippen LogP contribution >= 0.6 is 0 Å². The molecular formula is C14H13NO4. The van der Waals surface area contributed by atoms with Crippen LogP contribution in [0, 0.1) is 0 Å². The molecule has 98 valence electrons. The van der Waals surface area contributed by atoms with Crippen LogP contribution in [0.15, 0.2) is 46.0 Å². The van der Waals surface area contributed by atoms with E-state index >= 15 is 0 Å². The fourth-order valence-electron chi connectivity index (χ4n) is 1.62. The van der Waals surface area contributed by atoms with E-state index in [0.29, 0.717) is 23.7 Å². The van der Waals surface area contributed by atoms with Gasteiger partial charge in [0.1, 0.15) is 17.7 Å². The van der Waals surface area contributed by atoms with Crippen LogP contribution in [-0.2, 0) is 4.74 Å². The maximum Gasteiger partial charge on any atom is 0.338 e. The zero-order valence-electron chi connectivity index (χ0n) is 10.4. The van der Waals surface area contributed by atoms with E-state index in [-0.39, 0.29) is 5.97 Å². The number of rotatable bonds is 4. The van der Waals surface area contributed by atoms with Crippen LogP contribution in [0.2, 0.25) is 0 Å². The van der Waals surface area contributed by atoms with Gasteiger partial charge in [-0.15, -0.1) is 0 Å². The fourth-order valence-corrected chi connectivity index (χ4v) is 1.62. The van der Waals surface area contributed by atoms with Gasteiger partial charge in [0.25, 0.3) is 0 Å². The molecule has 1 heterocycles. The molecule has 0 radical (unpaired) electrons.